The van der Waals surface area contributed by atoms with Crippen LogP contribution in [0.5, 0.6) is 0 Å². The number of carboxylic acid groups (broad SMARTS) is 1. The Labute approximate surface area is 121 Å². The standard InChI is InChI=1S/C12H19N3O6/c1-12(2,3)21-10(19)13-5-8(16)15-7(9(17)18)6-14(4)11(15)20/h7H,5-6H2,1-4H3,(H,13,19)(H,17,18). The van der Waals surface area contributed by atoms with Crippen LogP contribution in [-0.2, 0) is 14.3 Å². The van der Waals surface area contributed by atoms with Gasteiger partial charge in [0.15, 0.2) is 6.04 Å². The van der Waals surface area contributed by atoms with Crippen LogP contribution < -0.4 is 5.32 Å². The van der Waals surface area contributed by atoms with Crippen molar-refractivity contribution >= 4 is 24.0 Å². The number of likely N-dealkylation sites (N-methyl/N-ethyl adjacent to an activating group) is 1. The minimum atomic E-state index is -1.28. The average Bonchev–Trinajstić information content (AvgIpc) is 2.61. The number of amides is 4. The van der Waals surface area contributed by atoms with Crippen molar-refractivity contribution in [1.29, 1.82) is 0 Å². The number of carbonyl (C=O) groups excluding carboxylic acids is 3. The zero-order chi connectivity index (χ0) is 16.4. The summed E-state index contributed by atoms with van der Waals surface area (Å²) in [6, 6.07) is -1.96. The molecule has 0 saturated carbocycles. The van der Waals surface area contributed by atoms with Gasteiger partial charge < -0.3 is 20.1 Å². The first-order valence-electron chi connectivity index (χ1n) is 6.29. The van der Waals surface area contributed by atoms with Crippen LogP contribution in [0.2, 0.25) is 0 Å². The largest absolute Gasteiger partial charge is 0.480 e. The molecule has 4 amide bonds. The van der Waals surface area contributed by atoms with E-state index in [0.29, 0.717) is 4.90 Å². The minimum absolute atomic E-state index is 0.0909. The van der Waals surface area contributed by atoms with Crippen LogP contribution in [0.3, 0.4) is 0 Å². The molecule has 1 aliphatic heterocycles. The van der Waals surface area contributed by atoms with Gasteiger partial charge in [0.05, 0.1) is 6.54 Å². The van der Waals surface area contributed by atoms with E-state index in [0.717, 1.165) is 4.90 Å². The first-order valence-corrected chi connectivity index (χ1v) is 6.29. The maximum atomic E-state index is 11.9. The first kappa shape index (κ1) is 16.7. The molecule has 0 aromatic carbocycles. The molecule has 0 aromatic rings. The van der Waals surface area contributed by atoms with Crippen LogP contribution in [0.1, 0.15) is 20.8 Å². The summed E-state index contributed by atoms with van der Waals surface area (Å²) in [5.41, 5.74) is -0.722. The number of imide groups is 1. The summed E-state index contributed by atoms with van der Waals surface area (Å²) in [5, 5.41) is 11.2. The van der Waals surface area contributed by atoms with E-state index in [9.17, 15) is 19.2 Å². The molecule has 0 aromatic heterocycles. The van der Waals surface area contributed by atoms with Crippen molar-refractivity contribution in [2.75, 3.05) is 20.1 Å². The van der Waals surface area contributed by atoms with E-state index in [4.69, 9.17) is 9.84 Å². The van der Waals surface area contributed by atoms with Gasteiger partial charge in [-0.05, 0) is 20.8 Å². The molecule has 1 fully saturated rings. The number of carbonyl (C=O) groups is 4. The molecule has 0 spiro atoms. The topological polar surface area (TPSA) is 116 Å². The van der Waals surface area contributed by atoms with Crippen LogP contribution in [-0.4, -0.2) is 70.7 Å². The van der Waals surface area contributed by atoms with Gasteiger partial charge in [0, 0.05) is 7.05 Å². The Kier molecular flexibility index (Phi) is 4.77. The Morgan fingerprint density at radius 2 is 1.95 bits per heavy atom. The lowest BCUT2D eigenvalue weighted by atomic mass is 10.2. The van der Waals surface area contributed by atoms with Crippen molar-refractivity contribution in [3.63, 3.8) is 0 Å². The molecule has 2 N–H and O–H groups in total. The lowest BCUT2D eigenvalue weighted by Gasteiger charge is -2.21. The number of carboxylic acids is 1. The molecule has 0 aliphatic carbocycles. The van der Waals surface area contributed by atoms with E-state index < -0.39 is 42.2 Å². The second-order valence-electron chi connectivity index (χ2n) is 5.64. The molecule has 1 unspecified atom stereocenters. The van der Waals surface area contributed by atoms with Gasteiger partial charge in [-0.1, -0.05) is 0 Å². The van der Waals surface area contributed by atoms with Gasteiger partial charge >= 0.3 is 18.1 Å². The highest BCUT2D eigenvalue weighted by molar-refractivity contribution is 6.02. The van der Waals surface area contributed by atoms with Crippen molar-refractivity contribution in [2.45, 2.75) is 32.4 Å². The highest BCUT2D eigenvalue weighted by atomic mass is 16.6. The average molecular weight is 301 g/mol. The summed E-state index contributed by atoms with van der Waals surface area (Å²) >= 11 is 0. The summed E-state index contributed by atoms with van der Waals surface area (Å²) < 4.78 is 4.94. The van der Waals surface area contributed by atoms with Gasteiger partial charge in [-0.15, -0.1) is 0 Å². The minimum Gasteiger partial charge on any atom is -0.480 e. The third-order valence-corrected chi connectivity index (χ3v) is 2.63. The van der Waals surface area contributed by atoms with Crippen molar-refractivity contribution in [3.05, 3.63) is 0 Å². The Morgan fingerprint density at radius 3 is 2.43 bits per heavy atom. The van der Waals surface area contributed by atoms with Crippen molar-refractivity contribution in [2.24, 2.45) is 0 Å². The molecule has 1 aliphatic rings. The molecule has 1 atom stereocenters. The molecule has 118 valence electrons. The molecule has 1 rings (SSSR count). The maximum absolute atomic E-state index is 11.9. The van der Waals surface area contributed by atoms with Crippen molar-refractivity contribution < 1.29 is 29.0 Å². The van der Waals surface area contributed by atoms with Gasteiger partial charge in [-0.3, -0.25) is 4.79 Å². The molecule has 9 nitrogen and oxygen atoms in total. The second kappa shape index (κ2) is 5.98. The summed E-state index contributed by atoms with van der Waals surface area (Å²) in [6.45, 7) is 4.38. The Bertz CT molecular complexity index is 470. The van der Waals surface area contributed by atoms with E-state index in [1.54, 1.807) is 20.8 Å². The van der Waals surface area contributed by atoms with Gasteiger partial charge in [-0.25, -0.2) is 19.3 Å². The lowest BCUT2D eigenvalue weighted by Crippen LogP contribution is -2.48. The Morgan fingerprint density at radius 1 is 1.38 bits per heavy atom. The molecule has 1 saturated heterocycles. The van der Waals surface area contributed by atoms with Crippen LogP contribution >= 0.6 is 0 Å². The fourth-order valence-corrected chi connectivity index (χ4v) is 1.75. The number of nitrogens with one attached hydrogen (secondary N) is 1. The predicted octanol–water partition coefficient (Wildman–Crippen LogP) is -0.142. The van der Waals surface area contributed by atoms with E-state index in [2.05, 4.69) is 5.32 Å². The van der Waals surface area contributed by atoms with Crippen molar-refractivity contribution in [1.82, 2.24) is 15.1 Å². The van der Waals surface area contributed by atoms with Gasteiger partial charge in [0.1, 0.15) is 12.1 Å². The first-order chi connectivity index (χ1) is 9.53. The number of rotatable bonds is 3. The molecule has 9 heteroatoms. The third-order valence-electron chi connectivity index (χ3n) is 2.63. The Hall–Kier alpha value is -2.32. The summed E-state index contributed by atoms with van der Waals surface area (Å²) in [6.07, 6.45) is -0.817. The third kappa shape index (κ3) is 4.33. The normalized spacial score (nSPS) is 18.7. The van der Waals surface area contributed by atoms with Crippen LogP contribution in [0.25, 0.3) is 0 Å². The number of alkyl carbamates (subject to hydrolysis) is 1. The number of hydrogen-bond donors (Lipinski definition) is 2. The number of ether oxygens (including phenoxy) is 1. The molecule has 21 heavy (non-hydrogen) atoms. The monoisotopic (exact) mass is 301 g/mol. The zero-order valence-electron chi connectivity index (χ0n) is 12.4. The smallest absolute Gasteiger partial charge is 0.408 e. The quantitative estimate of drug-likeness (QED) is 0.749. The van der Waals surface area contributed by atoms with Gasteiger partial charge in [0.25, 0.3) is 5.91 Å². The maximum Gasteiger partial charge on any atom is 0.408 e. The second-order valence-corrected chi connectivity index (χ2v) is 5.64. The molecule has 1 heterocycles. The van der Waals surface area contributed by atoms with E-state index in [1.165, 1.54) is 7.05 Å². The summed E-state index contributed by atoms with van der Waals surface area (Å²) in [7, 11) is 1.40. The van der Waals surface area contributed by atoms with Crippen molar-refractivity contribution in [3.8, 4) is 0 Å². The number of urea groups is 1. The molecular formula is C12H19N3O6. The fraction of sp³-hybridized carbons (Fsp3) is 0.667. The summed E-state index contributed by atoms with van der Waals surface area (Å²) in [5.74, 6) is -2.08. The van der Waals surface area contributed by atoms with Crippen LogP contribution in [0.15, 0.2) is 0 Å². The highest BCUT2D eigenvalue weighted by Crippen LogP contribution is 2.14. The number of aliphatic carboxylic acids is 1. The van der Waals surface area contributed by atoms with Gasteiger partial charge in [0.2, 0.25) is 0 Å². The fourth-order valence-electron chi connectivity index (χ4n) is 1.75. The molecule has 0 radical (unpaired) electrons. The lowest BCUT2D eigenvalue weighted by molar-refractivity contribution is -0.145. The zero-order valence-corrected chi connectivity index (χ0v) is 12.4. The SMILES string of the molecule is CN1CC(C(=O)O)N(C(=O)CNC(=O)OC(C)(C)C)C1=O. The molecular weight excluding hydrogens is 282 g/mol. The predicted molar refractivity (Wildman–Crippen MR) is 70.5 cm³/mol. The van der Waals surface area contributed by atoms with Crippen LogP contribution in [0, 0.1) is 0 Å². The molecule has 0 bridgehead atoms. The van der Waals surface area contributed by atoms with E-state index in [1.807, 2.05) is 0 Å². The number of nitrogens with zero attached hydrogens (tertiary/aromatic N) is 2. The van der Waals surface area contributed by atoms with Gasteiger partial charge in [-0.2, -0.15) is 0 Å². The number of hydrogen-bond acceptors (Lipinski definition) is 5. The summed E-state index contributed by atoms with van der Waals surface area (Å²) in [4.78, 5) is 47.9. The highest BCUT2D eigenvalue weighted by Gasteiger charge is 2.43. The van der Waals surface area contributed by atoms with E-state index in [-0.39, 0.29) is 6.54 Å². The van der Waals surface area contributed by atoms with E-state index >= 15 is 0 Å². The van der Waals surface area contributed by atoms with Crippen LogP contribution in [0.4, 0.5) is 9.59 Å². The Balaban J connectivity index is 2.64.